The molecule has 27 heavy (non-hydrogen) atoms. The summed E-state index contributed by atoms with van der Waals surface area (Å²) in [5.74, 6) is 0.600. The third-order valence-corrected chi connectivity index (χ3v) is 6.72. The van der Waals surface area contributed by atoms with E-state index in [-0.39, 0.29) is 5.91 Å². The fourth-order valence-electron chi connectivity index (χ4n) is 4.58. The number of fused-ring (bicyclic) bond motifs is 1. The highest BCUT2D eigenvalue weighted by molar-refractivity contribution is 9.10. The Kier molecular flexibility index (Phi) is 5.05. The summed E-state index contributed by atoms with van der Waals surface area (Å²) >= 11 is 3.60. The zero-order chi connectivity index (χ0) is 18.9. The highest BCUT2D eigenvalue weighted by atomic mass is 79.9. The quantitative estimate of drug-likeness (QED) is 0.805. The molecule has 0 bridgehead atoms. The fraction of sp³-hybridized carbons (Fsp3) is 0.476. The smallest absolute Gasteiger partial charge is 0.251 e. The van der Waals surface area contributed by atoms with Crippen molar-refractivity contribution in [2.75, 3.05) is 6.54 Å². The predicted molar refractivity (Wildman–Crippen MR) is 106 cm³/mol. The number of hydrogen-bond donors (Lipinski definition) is 1. The molecule has 4 rings (SSSR count). The summed E-state index contributed by atoms with van der Waals surface area (Å²) in [4.78, 5) is 17.8. The van der Waals surface area contributed by atoms with Gasteiger partial charge in [0.15, 0.2) is 5.54 Å². The average Bonchev–Trinajstić information content (AvgIpc) is 3.30. The van der Waals surface area contributed by atoms with E-state index < -0.39 is 5.54 Å². The molecule has 1 aromatic carbocycles. The molecular weight excluding hydrogens is 404 g/mol. The molecule has 1 aliphatic heterocycles. The Morgan fingerprint density at radius 2 is 2.19 bits per heavy atom. The van der Waals surface area contributed by atoms with Crippen LogP contribution in [0.15, 0.2) is 35.2 Å². The normalized spacial score (nSPS) is 22.2. The van der Waals surface area contributed by atoms with Crippen LogP contribution in [0.3, 0.4) is 0 Å². The van der Waals surface area contributed by atoms with Crippen molar-refractivity contribution in [3.8, 4) is 6.07 Å². The maximum Gasteiger partial charge on any atom is 0.251 e. The lowest BCUT2D eigenvalue weighted by molar-refractivity contribution is -0.128. The Morgan fingerprint density at radius 1 is 1.37 bits per heavy atom. The standard InChI is InChI=1S/C21H23BrN4O/c22-19-10-16(11-23)6-7-18(19)21(9-8-17-13-24-14-26(17)21)20(27)25-12-15-4-2-1-3-5-15/h6-7,10,13-15H,1-5,8-9,12H2,(H,25,27). The van der Waals surface area contributed by atoms with Crippen molar-refractivity contribution in [2.24, 2.45) is 5.92 Å². The topological polar surface area (TPSA) is 70.7 Å². The van der Waals surface area contributed by atoms with Crippen LogP contribution in [0.4, 0.5) is 0 Å². The molecule has 0 saturated heterocycles. The zero-order valence-electron chi connectivity index (χ0n) is 15.2. The molecule has 0 radical (unpaired) electrons. The number of carbonyl (C=O) groups is 1. The van der Waals surface area contributed by atoms with Crippen LogP contribution in [0.25, 0.3) is 0 Å². The molecule has 1 atom stereocenters. The number of nitrogens with one attached hydrogen (secondary N) is 1. The second kappa shape index (κ2) is 7.47. The zero-order valence-corrected chi connectivity index (χ0v) is 16.8. The fourth-order valence-corrected chi connectivity index (χ4v) is 5.29. The predicted octanol–water partition coefficient (Wildman–Crippen LogP) is 3.90. The number of nitrogens with zero attached hydrogens (tertiary/aromatic N) is 3. The Labute approximate surface area is 167 Å². The molecule has 2 heterocycles. The van der Waals surface area contributed by atoms with Crippen LogP contribution in [-0.2, 0) is 16.8 Å². The molecule has 1 unspecified atom stereocenters. The van der Waals surface area contributed by atoms with E-state index >= 15 is 0 Å². The SMILES string of the molecule is N#Cc1ccc(C2(C(=O)NCC3CCCCC3)CCc3cncn32)c(Br)c1. The number of halogens is 1. The van der Waals surface area contributed by atoms with Gasteiger partial charge in [-0.25, -0.2) is 4.98 Å². The number of imidazole rings is 1. The largest absolute Gasteiger partial charge is 0.353 e. The van der Waals surface area contributed by atoms with Gasteiger partial charge < -0.3 is 9.88 Å². The molecule has 2 aromatic rings. The number of amides is 1. The third-order valence-electron chi connectivity index (χ3n) is 6.06. The summed E-state index contributed by atoms with van der Waals surface area (Å²) in [7, 11) is 0. The summed E-state index contributed by atoms with van der Waals surface area (Å²) in [6.07, 6.45) is 11.3. The van der Waals surface area contributed by atoms with Crippen LogP contribution < -0.4 is 5.32 Å². The number of nitriles is 1. The van der Waals surface area contributed by atoms with Gasteiger partial charge in [0.25, 0.3) is 5.91 Å². The maximum atomic E-state index is 13.5. The average molecular weight is 427 g/mol. The summed E-state index contributed by atoms with van der Waals surface area (Å²) in [5, 5.41) is 12.4. The molecule has 2 aliphatic rings. The van der Waals surface area contributed by atoms with Gasteiger partial charge in [-0.2, -0.15) is 5.26 Å². The third kappa shape index (κ3) is 3.19. The molecule has 1 amide bonds. The summed E-state index contributed by atoms with van der Waals surface area (Å²) in [6, 6.07) is 7.64. The molecule has 1 aliphatic carbocycles. The first-order chi connectivity index (χ1) is 13.1. The molecule has 0 spiro atoms. The molecule has 5 nitrogen and oxygen atoms in total. The van der Waals surface area contributed by atoms with E-state index in [1.165, 1.54) is 32.1 Å². The minimum atomic E-state index is -0.812. The van der Waals surface area contributed by atoms with E-state index in [2.05, 4.69) is 32.3 Å². The van der Waals surface area contributed by atoms with Crippen molar-refractivity contribution in [1.29, 1.82) is 5.26 Å². The van der Waals surface area contributed by atoms with Gasteiger partial charge in [-0.05, 0) is 43.7 Å². The summed E-state index contributed by atoms with van der Waals surface area (Å²) < 4.78 is 2.80. The van der Waals surface area contributed by atoms with Gasteiger partial charge in [0.05, 0.1) is 18.0 Å². The van der Waals surface area contributed by atoms with Gasteiger partial charge in [0.1, 0.15) is 0 Å². The summed E-state index contributed by atoms with van der Waals surface area (Å²) in [6.45, 7) is 0.735. The summed E-state index contributed by atoms with van der Waals surface area (Å²) in [5.41, 5.74) is 1.72. The lowest BCUT2D eigenvalue weighted by Gasteiger charge is -2.33. The van der Waals surface area contributed by atoms with Gasteiger partial charge >= 0.3 is 0 Å². The van der Waals surface area contributed by atoms with Crippen LogP contribution in [-0.4, -0.2) is 22.0 Å². The molecule has 1 N–H and O–H groups in total. The lowest BCUT2D eigenvalue weighted by atomic mass is 9.85. The number of benzene rings is 1. The van der Waals surface area contributed by atoms with Crippen molar-refractivity contribution in [2.45, 2.75) is 50.5 Å². The van der Waals surface area contributed by atoms with Crippen LogP contribution in [0.1, 0.15) is 55.3 Å². The van der Waals surface area contributed by atoms with Crippen LogP contribution in [0.2, 0.25) is 0 Å². The van der Waals surface area contributed by atoms with Crippen molar-refractivity contribution in [3.05, 3.63) is 52.0 Å². The number of aromatic nitrogens is 2. The molecule has 1 fully saturated rings. The second-order valence-electron chi connectivity index (χ2n) is 7.64. The lowest BCUT2D eigenvalue weighted by Crippen LogP contribution is -2.49. The van der Waals surface area contributed by atoms with Gasteiger partial charge in [0.2, 0.25) is 0 Å². The highest BCUT2D eigenvalue weighted by Gasteiger charge is 2.47. The monoisotopic (exact) mass is 426 g/mol. The van der Waals surface area contributed by atoms with Crippen LogP contribution in [0.5, 0.6) is 0 Å². The van der Waals surface area contributed by atoms with Crippen molar-refractivity contribution >= 4 is 21.8 Å². The van der Waals surface area contributed by atoms with E-state index in [1.54, 1.807) is 18.5 Å². The molecule has 140 valence electrons. The van der Waals surface area contributed by atoms with E-state index in [4.69, 9.17) is 0 Å². The van der Waals surface area contributed by atoms with Crippen molar-refractivity contribution in [3.63, 3.8) is 0 Å². The number of rotatable bonds is 4. The molecule has 6 heteroatoms. The van der Waals surface area contributed by atoms with Crippen molar-refractivity contribution < 1.29 is 4.79 Å². The molecule has 1 aromatic heterocycles. The highest BCUT2D eigenvalue weighted by Crippen LogP contribution is 2.42. The van der Waals surface area contributed by atoms with Crippen LogP contribution in [0, 0.1) is 17.2 Å². The Bertz CT molecular complexity index is 894. The van der Waals surface area contributed by atoms with Gasteiger partial charge in [0, 0.05) is 28.5 Å². The van der Waals surface area contributed by atoms with E-state index in [0.717, 1.165) is 28.7 Å². The molecular formula is C21H23BrN4O. The Morgan fingerprint density at radius 3 is 2.93 bits per heavy atom. The van der Waals surface area contributed by atoms with Gasteiger partial charge in [-0.15, -0.1) is 0 Å². The van der Waals surface area contributed by atoms with E-state index in [9.17, 15) is 10.1 Å². The first kappa shape index (κ1) is 18.2. The minimum absolute atomic E-state index is 0.0234. The first-order valence-corrected chi connectivity index (χ1v) is 10.4. The second-order valence-corrected chi connectivity index (χ2v) is 8.49. The minimum Gasteiger partial charge on any atom is -0.353 e. The van der Waals surface area contributed by atoms with Crippen LogP contribution >= 0.6 is 15.9 Å². The Balaban J connectivity index is 1.68. The maximum absolute atomic E-state index is 13.5. The number of aryl methyl sites for hydroxylation is 1. The number of carbonyl (C=O) groups excluding carboxylic acids is 1. The van der Waals surface area contributed by atoms with Crippen molar-refractivity contribution in [1.82, 2.24) is 14.9 Å². The number of hydrogen-bond acceptors (Lipinski definition) is 3. The van der Waals surface area contributed by atoms with E-state index in [1.807, 2.05) is 16.8 Å². The first-order valence-electron chi connectivity index (χ1n) is 9.65. The molecule has 1 saturated carbocycles. The van der Waals surface area contributed by atoms with Gasteiger partial charge in [-0.3, -0.25) is 4.79 Å². The Hall–Kier alpha value is -2.13. The van der Waals surface area contributed by atoms with Gasteiger partial charge in [-0.1, -0.05) is 41.3 Å². The van der Waals surface area contributed by atoms with E-state index in [0.29, 0.717) is 17.9 Å².